The fraction of sp³-hybridized carbons (Fsp3) is 1.00. The van der Waals surface area contributed by atoms with Gasteiger partial charge in [-0.2, -0.15) is 0 Å². The lowest BCUT2D eigenvalue weighted by atomic mass is 9.93. The standard InChI is InChI=1S/C13H26N2/c1-2-12-6-3-7-13(12)15-8-4-5-11(9-14)10-15/h11-13H,2-10,14H2,1H3. The summed E-state index contributed by atoms with van der Waals surface area (Å²) < 4.78 is 0. The second-order valence-corrected chi connectivity index (χ2v) is 5.41. The highest BCUT2D eigenvalue weighted by Gasteiger charge is 2.33. The van der Waals surface area contributed by atoms with Gasteiger partial charge in [-0.05, 0) is 50.6 Å². The minimum atomic E-state index is 0.775. The van der Waals surface area contributed by atoms with Crippen molar-refractivity contribution < 1.29 is 0 Å². The molecule has 0 spiro atoms. The average molecular weight is 210 g/mol. The largest absolute Gasteiger partial charge is 0.330 e. The summed E-state index contributed by atoms with van der Waals surface area (Å²) >= 11 is 0. The summed E-state index contributed by atoms with van der Waals surface area (Å²) in [6.45, 7) is 5.85. The summed E-state index contributed by atoms with van der Waals surface area (Å²) in [5.74, 6) is 1.75. The molecule has 15 heavy (non-hydrogen) atoms. The molecule has 2 fully saturated rings. The Bertz CT molecular complexity index is 193. The molecule has 2 rings (SSSR count). The molecule has 0 aromatic carbocycles. The molecule has 2 heteroatoms. The molecule has 0 amide bonds. The zero-order chi connectivity index (χ0) is 10.7. The molecular weight excluding hydrogens is 184 g/mol. The lowest BCUT2D eigenvalue weighted by Crippen LogP contribution is -2.45. The van der Waals surface area contributed by atoms with Gasteiger partial charge in [0, 0.05) is 12.6 Å². The van der Waals surface area contributed by atoms with Crippen molar-refractivity contribution in [2.24, 2.45) is 17.6 Å². The van der Waals surface area contributed by atoms with Gasteiger partial charge in [-0.3, -0.25) is 4.90 Å². The lowest BCUT2D eigenvalue weighted by Gasteiger charge is -2.38. The third-order valence-electron chi connectivity index (χ3n) is 4.50. The van der Waals surface area contributed by atoms with Crippen molar-refractivity contribution in [2.45, 2.75) is 51.5 Å². The van der Waals surface area contributed by atoms with Crippen LogP contribution in [0.15, 0.2) is 0 Å². The van der Waals surface area contributed by atoms with Gasteiger partial charge in [-0.15, -0.1) is 0 Å². The highest BCUT2D eigenvalue weighted by atomic mass is 15.2. The van der Waals surface area contributed by atoms with Crippen molar-refractivity contribution in [3.05, 3.63) is 0 Å². The Balaban J connectivity index is 1.91. The molecule has 2 aliphatic rings. The van der Waals surface area contributed by atoms with E-state index in [1.807, 2.05) is 0 Å². The zero-order valence-corrected chi connectivity index (χ0v) is 10.1. The van der Waals surface area contributed by atoms with Crippen molar-refractivity contribution in [2.75, 3.05) is 19.6 Å². The maximum atomic E-state index is 5.80. The molecule has 1 saturated heterocycles. The van der Waals surface area contributed by atoms with E-state index in [-0.39, 0.29) is 0 Å². The van der Waals surface area contributed by atoms with Crippen LogP contribution >= 0.6 is 0 Å². The summed E-state index contributed by atoms with van der Waals surface area (Å²) in [6.07, 6.45) is 8.45. The van der Waals surface area contributed by atoms with Gasteiger partial charge in [0.25, 0.3) is 0 Å². The van der Waals surface area contributed by atoms with Gasteiger partial charge in [0.05, 0.1) is 0 Å². The van der Waals surface area contributed by atoms with Crippen LogP contribution in [0.5, 0.6) is 0 Å². The van der Waals surface area contributed by atoms with Crippen LogP contribution in [0.25, 0.3) is 0 Å². The first-order valence-corrected chi connectivity index (χ1v) is 6.79. The summed E-state index contributed by atoms with van der Waals surface area (Å²) in [5.41, 5.74) is 5.80. The highest BCUT2D eigenvalue weighted by molar-refractivity contribution is 4.87. The number of rotatable bonds is 3. The molecule has 1 heterocycles. The topological polar surface area (TPSA) is 29.3 Å². The predicted molar refractivity (Wildman–Crippen MR) is 64.8 cm³/mol. The van der Waals surface area contributed by atoms with Crippen molar-refractivity contribution in [1.82, 2.24) is 4.90 Å². The molecule has 3 unspecified atom stereocenters. The van der Waals surface area contributed by atoms with Crippen LogP contribution in [0.1, 0.15) is 45.4 Å². The van der Waals surface area contributed by atoms with Crippen LogP contribution in [0.3, 0.4) is 0 Å². The number of nitrogens with zero attached hydrogens (tertiary/aromatic N) is 1. The van der Waals surface area contributed by atoms with Crippen LogP contribution in [-0.2, 0) is 0 Å². The second kappa shape index (κ2) is 5.31. The Morgan fingerprint density at radius 1 is 1.20 bits per heavy atom. The zero-order valence-electron chi connectivity index (χ0n) is 10.1. The first kappa shape index (κ1) is 11.4. The minimum Gasteiger partial charge on any atom is -0.330 e. The number of hydrogen-bond acceptors (Lipinski definition) is 2. The molecule has 1 aliphatic carbocycles. The van der Waals surface area contributed by atoms with E-state index < -0.39 is 0 Å². The van der Waals surface area contributed by atoms with Crippen LogP contribution in [0.2, 0.25) is 0 Å². The van der Waals surface area contributed by atoms with Gasteiger partial charge in [0.2, 0.25) is 0 Å². The summed E-state index contributed by atoms with van der Waals surface area (Å²) in [7, 11) is 0. The van der Waals surface area contributed by atoms with Gasteiger partial charge < -0.3 is 5.73 Å². The van der Waals surface area contributed by atoms with Crippen LogP contribution in [0.4, 0.5) is 0 Å². The van der Waals surface area contributed by atoms with Crippen molar-refractivity contribution in [3.8, 4) is 0 Å². The van der Waals surface area contributed by atoms with Crippen LogP contribution in [-0.4, -0.2) is 30.6 Å². The molecule has 1 aliphatic heterocycles. The van der Waals surface area contributed by atoms with Crippen molar-refractivity contribution in [1.29, 1.82) is 0 Å². The van der Waals surface area contributed by atoms with Gasteiger partial charge in [-0.25, -0.2) is 0 Å². The van der Waals surface area contributed by atoms with Gasteiger partial charge in [-0.1, -0.05) is 19.8 Å². The van der Waals surface area contributed by atoms with E-state index in [1.54, 1.807) is 0 Å². The number of hydrogen-bond donors (Lipinski definition) is 1. The van der Waals surface area contributed by atoms with Crippen LogP contribution < -0.4 is 5.73 Å². The van der Waals surface area contributed by atoms with E-state index in [0.29, 0.717) is 0 Å². The third-order valence-corrected chi connectivity index (χ3v) is 4.50. The van der Waals surface area contributed by atoms with E-state index in [9.17, 15) is 0 Å². The maximum absolute atomic E-state index is 5.80. The third kappa shape index (κ3) is 2.54. The molecular formula is C13H26N2. The second-order valence-electron chi connectivity index (χ2n) is 5.41. The molecule has 0 aromatic heterocycles. The summed E-state index contributed by atoms with van der Waals surface area (Å²) in [4.78, 5) is 2.75. The fourth-order valence-electron chi connectivity index (χ4n) is 3.57. The Morgan fingerprint density at radius 3 is 2.80 bits per heavy atom. The Hall–Kier alpha value is -0.0800. The number of nitrogens with two attached hydrogens (primary N) is 1. The Morgan fingerprint density at radius 2 is 2.07 bits per heavy atom. The van der Waals surface area contributed by atoms with E-state index in [0.717, 1.165) is 24.4 Å². The summed E-state index contributed by atoms with van der Waals surface area (Å²) in [5, 5.41) is 0. The van der Waals surface area contributed by atoms with Crippen molar-refractivity contribution in [3.63, 3.8) is 0 Å². The van der Waals surface area contributed by atoms with Crippen LogP contribution in [0, 0.1) is 11.8 Å². The van der Waals surface area contributed by atoms with E-state index in [4.69, 9.17) is 5.73 Å². The first-order valence-electron chi connectivity index (χ1n) is 6.79. The van der Waals surface area contributed by atoms with E-state index in [1.165, 1.54) is 51.6 Å². The van der Waals surface area contributed by atoms with Gasteiger partial charge in [0.15, 0.2) is 0 Å². The molecule has 88 valence electrons. The van der Waals surface area contributed by atoms with Gasteiger partial charge >= 0.3 is 0 Å². The quantitative estimate of drug-likeness (QED) is 0.774. The molecule has 0 bridgehead atoms. The smallest absolute Gasteiger partial charge is 0.0123 e. The monoisotopic (exact) mass is 210 g/mol. The number of piperidine rings is 1. The highest BCUT2D eigenvalue weighted by Crippen LogP contribution is 2.34. The van der Waals surface area contributed by atoms with E-state index in [2.05, 4.69) is 11.8 Å². The van der Waals surface area contributed by atoms with E-state index >= 15 is 0 Å². The first-order chi connectivity index (χ1) is 7.35. The molecule has 0 radical (unpaired) electrons. The average Bonchev–Trinajstić information content (AvgIpc) is 2.77. The molecule has 1 saturated carbocycles. The lowest BCUT2D eigenvalue weighted by molar-refractivity contribution is 0.101. The molecule has 2 N–H and O–H groups in total. The fourth-order valence-corrected chi connectivity index (χ4v) is 3.57. The molecule has 0 aromatic rings. The SMILES string of the molecule is CCC1CCCC1N1CCCC(CN)C1. The predicted octanol–water partition coefficient (Wildman–Crippen LogP) is 2.24. The molecule has 3 atom stereocenters. The Kier molecular flexibility index (Phi) is 4.04. The normalized spacial score (nSPS) is 38.4. The Labute approximate surface area is 94.2 Å². The van der Waals surface area contributed by atoms with Gasteiger partial charge in [0.1, 0.15) is 0 Å². The minimum absolute atomic E-state index is 0.775. The maximum Gasteiger partial charge on any atom is 0.0123 e. The summed E-state index contributed by atoms with van der Waals surface area (Å²) in [6, 6.07) is 0.893. The molecule has 2 nitrogen and oxygen atoms in total. The van der Waals surface area contributed by atoms with Crippen molar-refractivity contribution >= 4 is 0 Å². The number of likely N-dealkylation sites (tertiary alicyclic amines) is 1.